The molecule has 1 aromatic heterocycles. The van der Waals surface area contributed by atoms with E-state index < -0.39 is 0 Å². The number of nitrogens with two attached hydrogens (primary N) is 1. The highest BCUT2D eigenvalue weighted by Gasteiger charge is 2.17. The Morgan fingerprint density at radius 2 is 2.10 bits per heavy atom. The van der Waals surface area contributed by atoms with Crippen LogP contribution in [0, 0.1) is 0 Å². The van der Waals surface area contributed by atoms with Gasteiger partial charge in [-0.05, 0) is 30.4 Å². The molecule has 1 aliphatic rings. The highest BCUT2D eigenvalue weighted by atomic mass is 32.2. The Morgan fingerprint density at radius 3 is 2.85 bits per heavy atom. The second-order valence-electron chi connectivity index (χ2n) is 4.24. The average Bonchev–Trinajstić information content (AvgIpc) is 2.87. The topological polar surface area (TPSA) is 80.9 Å². The van der Waals surface area contributed by atoms with Crippen LogP contribution in [0.15, 0.2) is 25.7 Å². The molecule has 1 aromatic carbocycles. The molecule has 2 heterocycles. The molecule has 0 fully saturated rings. The van der Waals surface area contributed by atoms with Crippen molar-refractivity contribution in [2.24, 2.45) is 0 Å². The molecule has 1 amide bonds. The summed E-state index contributed by atoms with van der Waals surface area (Å²) in [6.45, 7) is 0. The minimum absolute atomic E-state index is 0.0473. The second kappa shape index (κ2) is 5.63. The van der Waals surface area contributed by atoms with Gasteiger partial charge in [0.05, 0.1) is 0 Å². The number of amides is 1. The fourth-order valence-electron chi connectivity index (χ4n) is 1.93. The molecule has 3 N–H and O–H groups in total. The predicted octanol–water partition coefficient (Wildman–Crippen LogP) is 2.88. The molecule has 0 aliphatic carbocycles. The number of nitrogens with one attached hydrogen (secondary N) is 1. The quantitative estimate of drug-likeness (QED) is 0.667. The van der Waals surface area contributed by atoms with Crippen molar-refractivity contribution in [3.8, 4) is 0 Å². The van der Waals surface area contributed by atoms with Gasteiger partial charge in [-0.1, -0.05) is 34.9 Å². The fraction of sp³-hybridized carbons (Fsp3) is 0.250. The van der Waals surface area contributed by atoms with E-state index in [0.717, 1.165) is 31.2 Å². The molecule has 20 heavy (non-hydrogen) atoms. The number of hydrogen-bond acceptors (Lipinski definition) is 7. The van der Waals surface area contributed by atoms with Crippen molar-refractivity contribution in [3.63, 3.8) is 0 Å². The lowest BCUT2D eigenvalue weighted by Crippen LogP contribution is -2.19. The van der Waals surface area contributed by atoms with E-state index in [1.165, 1.54) is 11.8 Å². The van der Waals surface area contributed by atoms with E-state index >= 15 is 0 Å². The van der Waals surface area contributed by atoms with Crippen molar-refractivity contribution in [1.82, 2.24) is 10.2 Å². The van der Waals surface area contributed by atoms with Crippen LogP contribution in [-0.4, -0.2) is 22.4 Å². The molecular formula is C12H12N4OS3. The van der Waals surface area contributed by atoms with Crippen molar-refractivity contribution < 1.29 is 4.79 Å². The Balaban J connectivity index is 1.88. The minimum atomic E-state index is 0.0473. The number of nitrogen functional groups attached to an aromatic ring is 1. The number of carbonyl (C=O) groups excluding carboxylic acids is 1. The van der Waals surface area contributed by atoms with Gasteiger partial charge in [0.25, 0.3) is 0 Å². The smallest absolute Gasteiger partial charge is 0.224 e. The molecule has 104 valence electrons. The van der Waals surface area contributed by atoms with Crippen LogP contribution in [0.25, 0.3) is 0 Å². The van der Waals surface area contributed by atoms with Crippen LogP contribution in [0.5, 0.6) is 0 Å². The van der Waals surface area contributed by atoms with E-state index in [1.807, 2.05) is 18.4 Å². The third-order valence-electron chi connectivity index (χ3n) is 2.89. The molecule has 1 aliphatic heterocycles. The maximum Gasteiger partial charge on any atom is 0.224 e. The number of carbonyl (C=O) groups is 1. The normalized spacial score (nSPS) is 13.9. The number of anilines is 2. The molecule has 0 bridgehead atoms. The Labute approximate surface area is 128 Å². The van der Waals surface area contributed by atoms with Gasteiger partial charge in [0.15, 0.2) is 8.68 Å². The van der Waals surface area contributed by atoms with Crippen LogP contribution in [0.1, 0.15) is 12.0 Å². The lowest BCUT2D eigenvalue weighted by molar-refractivity contribution is -0.116. The van der Waals surface area contributed by atoms with Gasteiger partial charge in [0.2, 0.25) is 5.91 Å². The van der Waals surface area contributed by atoms with E-state index in [1.54, 1.807) is 23.1 Å². The monoisotopic (exact) mass is 324 g/mol. The first-order chi connectivity index (χ1) is 9.65. The number of thioether (sulfide) groups is 1. The minimum Gasteiger partial charge on any atom is -0.398 e. The van der Waals surface area contributed by atoms with Crippen LogP contribution in [0.2, 0.25) is 0 Å². The Hall–Kier alpha value is -1.25. The molecule has 0 spiro atoms. The molecule has 5 nitrogen and oxygen atoms in total. The number of fused-ring (bicyclic) bond motifs is 1. The first-order valence-corrected chi connectivity index (χ1v) is 8.79. The molecule has 2 aromatic rings. The van der Waals surface area contributed by atoms with Gasteiger partial charge in [-0.25, -0.2) is 0 Å². The van der Waals surface area contributed by atoms with Crippen LogP contribution in [0.3, 0.4) is 0 Å². The summed E-state index contributed by atoms with van der Waals surface area (Å²) in [6, 6.07) is 3.86. The van der Waals surface area contributed by atoms with E-state index in [2.05, 4.69) is 15.5 Å². The van der Waals surface area contributed by atoms with E-state index in [9.17, 15) is 4.79 Å². The van der Waals surface area contributed by atoms with Crippen LogP contribution in [0.4, 0.5) is 11.4 Å². The first-order valence-electron chi connectivity index (χ1n) is 5.93. The molecule has 0 atom stereocenters. The van der Waals surface area contributed by atoms with E-state index in [0.29, 0.717) is 12.1 Å². The van der Waals surface area contributed by atoms with Crippen molar-refractivity contribution in [2.45, 2.75) is 26.4 Å². The summed E-state index contributed by atoms with van der Waals surface area (Å²) in [5, 5.41) is 11.1. The van der Waals surface area contributed by atoms with Crippen molar-refractivity contribution >= 4 is 52.1 Å². The van der Waals surface area contributed by atoms with Crippen LogP contribution >= 0.6 is 34.9 Å². The Bertz CT molecular complexity index is 671. The molecule has 0 unspecified atom stereocenters. The third kappa shape index (κ3) is 2.77. The van der Waals surface area contributed by atoms with Crippen molar-refractivity contribution in [1.29, 1.82) is 0 Å². The molecular weight excluding hydrogens is 312 g/mol. The molecule has 0 saturated carbocycles. The number of rotatable bonds is 3. The summed E-state index contributed by atoms with van der Waals surface area (Å²) in [7, 11) is 0. The summed E-state index contributed by atoms with van der Waals surface area (Å²) in [5.74, 6) is 0.0473. The van der Waals surface area contributed by atoms with E-state index in [4.69, 9.17) is 5.73 Å². The Morgan fingerprint density at radius 1 is 1.30 bits per heavy atom. The zero-order valence-electron chi connectivity index (χ0n) is 10.7. The number of hydrogen-bond donors (Lipinski definition) is 2. The summed E-state index contributed by atoms with van der Waals surface area (Å²) >= 11 is 4.65. The second-order valence-corrected chi connectivity index (χ2v) is 7.56. The van der Waals surface area contributed by atoms with Crippen molar-refractivity contribution in [3.05, 3.63) is 17.7 Å². The van der Waals surface area contributed by atoms with E-state index in [-0.39, 0.29) is 5.91 Å². The van der Waals surface area contributed by atoms with Gasteiger partial charge < -0.3 is 11.1 Å². The van der Waals surface area contributed by atoms with Gasteiger partial charge in [0, 0.05) is 22.7 Å². The number of aryl methyl sites for hydroxylation is 1. The Kier molecular flexibility index (Phi) is 3.86. The standard InChI is InChI=1S/C12H12N4OS3/c1-18-11-15-16-12(20-11)19-9-4-6-2-3-10(17)14-8(6)5-7(9)13/h4-5H,2-3,13H2,1H3,(H,14,17). The highest BCUT2D eigenvalue weighted by molar-refractivity contribution is 8.03. The zero-order chi connectivity index (χ0) is 14.1. The largest absolute Gasteiger partial charge is 0.398 e. The van der Waals surface area contributed by atoms with Gasteiger partial charge in [-0.15, -0.1) is 10.2 Å². The van der Waals surface area contributed by atoms with Crippen molar-refractivity contribution in [2.75, 3.05) is 17.3 Å². The summed E-state index contributed by atoms with van der Waals surface area (Å²) in [4.78, 5) is 12.3. The van der Waals surface area contributed by atoms with Crippen LogP contribution in [-0.2, 0) is 11.2 Å². The summed E-state index contributed by atoms with van der Waals surface area (Å²) < 4.78 is 1.82. The lowest BCUT2D eigenvalue weighted by Gasteiger charge is -2.18. The van der Waals surface area contributed by atoms with Gasteiger partial charge in [0.1, 0.15) is 0 Å². The fourth-order valence-corrected chi connectivity index (χ4v) is 4.41. The van der Waals surface area contributed by atoms with Gasteiger partial charge in [-0.2, -0.15) is 0 Å². The molecule has 0 radical (unpaired) electrons. The maximum absolute atomic E-state index is 11.4. The number of benzene rings is 1. The predicted molar refractivity (Wildman–Crippen MR) is 83.6 cm³/mol. The lowest BCUT2D eigenvalue weighted by atomic mass is 10.0. The summed E-state index contributed by atoms with van der Waals surface area (Å²) in [6.07, 6.45) is 3.25. The molecule has 3 rings (SSSR count). The SMILES string of the molecule is CSc1nnc(Sc2cc3c(cc2N)NC(=O)CC3)s1. The third-order valence-corrected chi connectivity index (χ3v) is 5.91. The highest BCUT2D eigenvalue weighted by Crippen LogP contribution is 2.39. The number of nitrogens with zero attached hydrogens (tertiary/aromatic N) is 2. The summed E-state index contributed by atoms with van der Waals surface area (Å²) in [5.41, 5.74) is 8.65. The van der Waals surface area contributed by atoms with Gasteiger partial charge >= 0.3 is 0 Å². The average molecular weight is 324 g/mol. The molecule has 0 saturated heterocycles. The molecule has 8 heteroatoms. The van der Waals surface area contributed by atoms with Gasteiger partial charge in [-0.3, -0.25) is 4.79 Å². The maximum atomic E-state index is 11.4. The first kappa shape index (κ1) is 13.7. The van der Waals surface area contributed by atoms with Crippen LogP contribution < -0.4 is 11.1 Å². The zero-order valence-corrected chi connectivity index (χ0v) is 13.1. The number of aromatic nitrogens is 2.